The third-order valence-electron chi connectivity index (χ3n) is 8.24. The minimum absolute atomic E-state index is 0.0406. The second-order valence-electron chi connectivity index (χ2n) is 11.8. The van der Waals surface area contributed by atoms with E-state index in [2.05, 4.69) is 10.6 Å². The van der Waals surface area contributed by atoms with Gasteiger partial charge in [-0.15, -0.1) is 0 Å². The van der Waals surface area contributed by atoms with E-state index in [4.69, 9.17) is 4.74 Å². The summed E-state index contributed by atoms with van der Waals surface area (Å²) in [5.41, 5.74) is 2.79. The molecule has 4 aromatic rings. The zero-order valence-electron chi connectivity index (χ0n) is 25.9. The molecular weight excluding hydrogens is 568 g/mol. The van der Waals surface area contributed by atoms with Crippen molar-refractivity contribution < 1.29 is 24.2 Å². The molecule has 1 aliphatic heterocycles. The summed E-state index contributed by atoms with van der Waals surface area (Å²) >= 11 is 0. The van der Waals surface area contributed by atoms with Gasteiger partial charge in [0.1, 0.15) is 11.9 Å². The van der Waals surface area contributed by atoms with E-state index < -0.39 is 12.1 Å². The van der Waals surface area contributed by atoms with Crippen molar-refractivity contribution >= 4 is 40.0 Å². The Morgan fingerprint density at radius 3 is 2.51 bits per heavy atom. The van der Waals surface area contributed by atoms with Crippen LogP contribution in [0.25, 0.3) is 10.8 Å². The van der Waals surface area contributed by atoms with Gasteiger partial charge < -0.3 is 30.3 Å². The Kier molecular flexibility index (Phi) is 9.99. The lowest BCUT2D eigenvalue weighted by molar-refractivity contribution is -0.134. The van der Waals surface area contributed by atoms with Crippen LogP contribution in [-0.2, 0) is 22.4 Å². The number of ether oxygens (including phenoxy) is 1. The number of aliphatic hydroxyl groups is 1. The number of likely N-dealkylation sites (N-methyl/N-ethyl adjacent to an activating group) is 1. The van der Waals surface area contributed by atoms with E-state index in [1.54, 1.807) is 35.0 Å². The maximum absolute atomic E-state index is 13.5. The Labute approximate surface area is 263 Å². The number of carbonyl (C=O) groups excluding carboxylic acids is 3. The Morgan fingerprint density at radius 1 is 1.00 bits per heavy atom. The Balaban J connectivity index is 1.36. The first-order chi connectivity index (χ1) is 21.7. The number of hydrogen-bond acceptors (Lipinski definition) is 5. The van der Waals surface area contributed by atoms with E-state index in [0.29, 0.717) is 29.2 Å². The van der Waals surface area contributed by atoms with Crippen molar-refractivity contribution in [1.82, 2.24) is 9.80 Å². The molecule has 9 heteroatoms. The molecule has 5 rings (SSSR count). The molecule has 0 saturated heterocycles. The van der Waals surface area contributed by atoms with E-state index in [1.807, 2.05) is 86.6 Å². The topological polar surface area (TPSA) is 111 Å². The van der Waals surface area contributed by atoms with Gasteiger partial charge in [0.15, 0.2) is 0 Å². The van der Waals surface area contributed by atoms with Crippen LogP contribution in [0.2, 0.25) is 0 Å². The standard InChI is InChI=1S/C36H40N4O5/c1-24-21-40(25(2)23-41)35(43)20-28-19-29(37-34(42)18-26-10-5-4-6-11-26)16-17-32(28)45-33(24)22-39(3)36(44)38-31-15-9-13-27-12-7-8-14-30(27)31/h4-17,19,24-25,33,41H,18,20-23H2,1-3H3,(H,37,42)(H,38,44)/t24-,25+,33+/m0/s1. The summed E-state index contributed by atoms with van der Waals surface area (Å²) in [4.78, 5) is 42.9. The molecule has 45 heavy (non-hydrogen) atoms. The molecular formula is C36H40N4O5. The van der Waals surface area contributed by atoms with Gasteiger partial charge in [0.05, 0.1) is 37.7 Å². The highest BCUT2D eigenvalue weighted by atomic mass is 16.5. The van der Waals surface area contributed by atoms with Gasteiger partial charge in [0.25, 0.3) is 0 Å². The number of urea groups is 1. The van der Waals surface area contributed by atoms with Crippen LogP contribution in [0, 0.1) is 5.92 Å². The number of amides is 4. The molecule has 9 nitrogen and oxygen atoms in total. The molecule has 0 bridgehead atoms. The molecule has 0 aliphatic carbocycles. The van der Waals surface area contributed by atoms with Gasteiger partial charge >= 0.3 is 6.03 Å². The van der Waals surface area contributed by atoms with E-state index in [0.717, 1.165) is 16.3 Å². The molecule has 1 aliphatic rings. The quantitative estimate of drug-likeness (QED) is 0.250. The van der Waals surface area contributed by atoms with Gasteiger partial charge in [-0.2, -0.15) is 0 Å². The number of anilines is 2. The normalized spacial score (nSPS) is 17.2. The van der Waals surface area contributed by atoms with E-state index in [-0.39, 0.29) is 49.8 Å². The van der Waals surface area contributed by atoms with Gasteiger partial charge in [-0.3, -0.25) is 9.59 Å². The maximum atomic E-state index is 13.5. The minimum atomic E-state index is -0.468. The van der Waals surface area contributed by atoms with Crippen molar-refractivity contribution in [2.24, 2.45) is 5.92 Å². The highest BCUT2D eigenvalue weighted by Gasteiger charge is 2.32. The predicted octanol–water partition coefficient (Wildman–Crippen LogP) is 5.33. The Morgan fingerprint density at radius 2 is 1.73 bits per heavy atom. The first-order valence-electron chi connectivity index (χ1n) is 15.3. The van der Waals surface area contributed by atoms with Crippen LogP contribution < -0.4 is 15.4 Å². The number of hydrogen-bond donors (Lipinski definition) is 3. The monoisotopic (exact) mass is 608 g/mol. The zero-order valence-corrected chi connectivity index (χ0v) is 25.9. The van der Waals surface area contributed by atoms with Gasteiger partial charge in [-0.1, -0.05) is 73.7 Å². The second-order valence-corrected chi connectivity index (χ2v) is 11.8. The summed E-state index contributed by atoms with van der Waals surface area (Å²) in [6, 6.07) is 27.7. The van der Waals surface area contributed by atoms with Crippen LogP contribution in [0.3, 0.4) is 0 Å². The molecule has 3 N–H and O–H groups in total. The molecule has 0 spiro atoms. The molecule has 0 aromatic heterocycles. The lowest BCUT2D eigenvalue weighted by Crippen LogP contribution is -2.48. The highest BCUT2D eigenvalue weighted by Crippen LogP contribution is 2.30. The molecule has 0 saturated carbocycles. The van der Waals surface area contributed by atoms with E-state index >= 15 is 0 Å². The van der Waals surface area contributed by atoms with Crippen LogP contribution in [0.4, 0.5) is 16.2 Å². The lowest BCUT2D eigenvalue weighted by atomic mass is 10.0. The predicted molar refractivity (Wildman–Crippen MR) is 176 cm³/mol. The van der Waals surface area contributed by atoms with Gasteiger partial charge in [0.2, 0.25) is 11.8 Å². The number of carbonyl (C=O) groups is 3. The minimum Gasteiger partial charge on any atom is -0.488 e. The summed E-state index contributed by atoms with van der Waals surface area (Å²) in [7, 11) is 1.72. The number of benzene rings is 4. The molecule has 1 heterocycles. The van der Waals surface area contributed by atoms with Gasteiger partial charge in [0, 0.05) is 36.1 Å². The van der Waals surface area contributed by atoms with E-state index in [9.17, 15) is 19.5 Å². The van der Waals surface area contributed by atoms with Crippen LogP contribution >= 0.6 is 0 Å². The fourth-order valence-corrected chi connectivity index (χ4v) is 5.61. The summed E-state index contributed by atoms with van der Waals surface area (Å²) in [5, 5.41) is 17.9. The third kappa shape index (κ3) is 7.80. The average Bonchev–Trinajstić information content (AvgIpc) is 3.08. The highest BCUT2D eigenvalue weighted by molar-refractivity contribution is 6.01. The smallest absolute Gasteiger partial charge is 0.321 e. The van der Waals surface area contributed by atoms with Crippen molar-refractivity contribution in [2.75, 3.05) is 37.4 Å². The molecule has 4 aromatic carbocycles. The SMILES string of the molecule is C[C@H](CO)N1C[C@H](C)[C@@H](CN(C)C(=O)Nc2cccc3ccccc23)Oc2ccc(NC(=O)Cc3ccccc3)cc2CC1=O. The Hall–Kier alpha value is -4.89. The van der Waals surface area contributed by atoms with Crippen molar-refractivity contribution in [3.63, 3.8) is 0 Å². The lowest BCUT2D eigenvalue weighted by Gasteiger charge is -2.34. The number of rotatable bonds is 8. The van der Waals surface area contributed by atoms with Crippen LogP contribution in [0.1, 0.15) is 25.0 Å². The first-order valence-corrected chi connectivity index (χ1v) is 15.3. The van der Waals surface area contributed by atoms with Crippen LogP contribution in [0.5, 0.6) is 5.75 Å². The van der Waals surface area contributed by atoms with Crippen molar-refractivity contribution in [3.05, 3.63) is 102 Å². The number of nitrogens with zero attached hydrogens (tertiary/aromatic N) is 2. The maximum Gasteiger partial charge on any atom is 0.321 e. The summed E-state index contributed by atoms with van der Waals surface area (Å²) in [6.45, 7) is 4.21. The van der Waals surface area contributed by atoms with Crippen molar-refractivity contribution in [3.8, 4) is 5.75 Å². The van der Waals surface area contributed by atoms with Gasteiger partial charge in [-0.25, -0.2) is 4.79 Å². The fourth-order valence-electron chi connectivity index (χ4n) is 5.61. The molecule has 0 unspecified atom stereocenters. The van der Waals surface area contributed by atoms with Crippen molar-refractivity contribution in [2.45, 2.75) is 38.8 Å². The third-order valence-corrected chi connectivity index (χ3v) is 8.24. The average molecular weight is 609 g/mol. The molecule has 0 radical (unpaired) electrons. The number of aliphatic hydroxyl groups excluding tert-OH is 1. The molecule has 0 fully saturated rings. The van der Waals surface area contributed by atoms with E-state index in [1.165, 1.54) is 0 Å². The molecule has 4 amide bonds. The van der Waals surface area contributed by atoms with Crippen molar-refractivity contribution in [1.29, 1.82) is 0 Å². The second kappa shape index (κ2) is 14.3. The van der Waals surface area contributed by atoms with Gasteiger partial charge in [-0.05, 0) is 42.1 Å². The van der Waals surface area contributed by atoms with Crippen LogP contribution in [0.15, 0.2) is 91.0 Å². The summed E-state index contributed by atoms with van der Waals surface area (Å²) in [6.07, 6.45) is -0.203. The summed E-state index contributed by atoms with van der Waals surface area (Å²) < 4.78 is 6.56. The summed E-state index contributed by atoms with van der Waals surface area (Å²) in [5.74, 6) is 0.0237. The number of fused-ring (bicyclic) bond motifs is 2. The number of nitrogens with one attached hydrogen (secondary N) is 2. The zero-order chi connectivity index (χ0) is 31.9. The largest absolute Gasteiger partial charge is 0.488 e. The molecule has 3 atom stereocenters. The fraction of sp³-hybridized carbons (Fsp3) is 0.306. The molecule has 234 valence electrons. The first kappa shape index (κ1) is 31.5. The Bertz CT molecular complexity index is 1650. The van der Waals surface area contributed by atoms with Crippen LogP contribution in [-0.4, -0.2) is 71.6 Å².